The van der Waals surface area contributed by atoms with Crippen molar-refractivity contribution in [1.29, 1.82) is 0 Å². The van der Waals surface area contributed by atoms with E-state index in [0.29, 0.717) is 13.2 Å². The van der Waals surface area contributed by atoms with Crippen LogP contribution in [0.5, 0.6) is 0 Å². The minimum atomic E-state index is 0. The summed E-state index contributed by atoms with van der Waals surface area (Å²) in [5, 5.41) is 0. The van der Waals surface area contributed by atoms with Crippen LogP contribution in [0.15, 0.2) is 0 Å². The largest absolute Gasteiger partial charge is 0.379 e. The first kappa shape index (κ1) is 16.2. The summed E-state index contributed by atoms with van der Waals surface area (Å²) in [7, 11) is 0. The number of ether oxygens (including phenoxy) is 1. The Labute approximate surface area is 106 Å². The number of nitrogens with zero attached hydrogens (tertiary/aromatic N) is 1. The fraction of sp³-hybridized carbons (Fsp3) is 1.00. The number of hydrogen-bond donors (Lipinski definition) is 1. The normalized spacial score (nSPS) is 21.8. The number of piperidine rings is 1. The third-order valence-corrected chi connectivity index (χ3v) is 3.11. The lowest BCUT2D eigenvalue weighted by Gasteiger charge is -2.32. The van der Waals surface area contributed by atoms with Crippen LogP contribution in [0.1, 0.15) is 32.6 Å². The summed E-state index contributed by atoms with van der Waals surface area (Å²) < 4.78 is 5.41. The number of nitrogens with two attached hydrogens (primary N) is 1. The van der Waals surface area contributed by atoms with Crippen molar-refractivity contribution in [2.75, 3.05) is 39.4 Å². The monoisotopic (exact) mass is 250 g/mol. The molecule has 98 valence electrons. The molecule has 0 amide bonds. The van der Waals surface area contributed by atoms with Crippen molar-refractivity contribution in [3.05, 3.63) is 0 Å². The Bertz CT molecular complexity index is 156. The van der Waals surface area contributed by atoms with Gasteiger partial charge in [-0.05, 0) is 31.7 Å². The zero-order chi connectivity index (χ0) is 10.9. The second kappa shape index (κ2) is 10.3. The summed E-state index contributed by atoms with van der Waals surface area (Å²) in [6.07, 6.45) is 5.50. The van der Waals surface area contributed by atoms with Gasteiger partial charge in [-0.2, -0.15) is 0 Å². The Balaban J connectivity index is 0.00000225. The molecule has 0 spiro atoms. The zero-order valence-corrected chi connectivity index (χ0v) is 11.3. The molecule has 1 unspecified atom stereocenters. The van der Waals surface area contributed by atoms with E-state index in [1.54, 1.807) is 0 Å². The second-order valence-corrected chi connectivity index (χ2v) is 4.50. The van der Waals surface area contributed by atoms with Crippen LogP contribution < -0.4 is 5.73 Å². The first-order valence-corrected chi connectivity index (χ1v) is 6.37. The van der Waals surface area contributed by atoms with Crippen molar-refractivity contribution >= 4 is 12.4 Å². The molecule has 0 saturated carbocycles. The molecule has 0 bridgehead atoms. The van der Waals surface area contributed by atoms with Gasteiger partial charge in [0.05, 0.1) is 13.2 Å². The lowest BCUT2D eigenvalue weighted by Crippen LogP contribution is -2.37. The highest BCUT2D eigenvalue weighted by atomic mass is 35.5. The lowest BCUT2D eigenvalue weighted by molar-refractivity contribution is 0.0873. The molecule has 0 aromatic heterocycles. The van der Waals surface area contributed by atoms with E-state index in [4.69, 9.17) is 10.5 Å². The topological polar surface area (TPSA) is 38.5 Å². The highest BCUT2D eigenvalue weighted by Crippen LogP contribution is 2.20. The highest BCUT2D eigenvalue weighted by molar-refractivity contribution is 5.85. The van der Waals surface area contributed by atoms with E-state index in [9.17, 15) is 0 Å². The number of hydrogen-bond acceptors (Lipinski definition) is 3. The molecule has 4 heteroatoms. The minimum Gasteiger partial charge on any atom is -0.379 e. The number of halogens is 1. The molecule has 0 aliphatic carbocycles. The summed E-state index contributed by atoms with van der Waals surface area (Å²) >= 11 is 0. The van der Waals surface area contributed by atoms with Gasteiger partial charge in [0.1, 0.15) is 0 Å². The Morgan fingerprint density at radius 3 is 2.88 bits per heavy atom. The molecule has 2 N–H and O–H groups in total. The average Bonchev–Trinajstić information content (AvgIpc) is 2.26. The first-order chi connectivity index (χ1) is 7.36. The van der Waals surface area contributed by atoms with E-state index in [-0.39, 0.29) is 12.4 Å². The van der Waals surface area contributed by atoms with Gasteiger partial charge in [-0.3, -0.25) is 0 Å². The Morgan fingerprint density at radius 2 is 2.19 bits per heavy atom. The molecule has 0 aromatic rings. The SMILES string of the molecule is CCCC1CCCN(CCOCCN)C1.Cl. The first-order valence-electron chi connectivity index (χ1n) is 6.37. The van der Waals surface area contributed by atoms with Crippen molar-refractivity contribution in [3.8, 4) is 0 Å². The van der Waals surface area contributed by atoms with Gasteiger partial charge in [0.25, 0.3) is 0 Å². The van der Waals surface area contributed by atoms with Gasteiger partial charge in [0, 0.05) is 19.6 Å². The van der Waals surface area contributed by atoms with E-state index < -0.39 is 0 Å². The van der Waals surface area contributed by atoms with Crippen LogP contribution in [0.3, 0.4) is 0 Å². The highest BCUT2D eigenvalue weighted by Gasteiger charge is 2.18. The van der Waals surface area contributed by atoms with Crippen LogP contribution in [0.2, 0.25) is 0 Å². The minimum absolute atomic E-state index is 0. The molecule has 1 atom stereocenters. The van der Waals surface area contributed by atoms with Crippen LogP contribution in [-0.4, -0.2) is 44.3 Å². The molecule has 16 heavy (non-hydrogen) atoms. The predicted molar refractivity (Wildman–Crippen MR) is 71.2 cm³/mol. The standard InChI is InChI=1S/C12H26N2O.ClH/c1-2-4-12-5-3-7-14(11-12)8-10-15-9-6-13;/h12H,2-11,13H2,1H3;1H. The molecule has 1 fully saturated rings. The molecular formula is C12H27ClN2O. The van der Waals surface area contributed by atoms with Gasteiger partial charge < -0.3 is 15.4 Å². The van der Waals surface area contributed by atoms with E-state index in [1.165, 1.54) is 38.8 Å². The Morgan fingerprint density at radius 1 is 1.38 bits per heavy atom. The summed E-state index contributed by atoms with van der Waals surface area (Å²) in [4.78, 5) is 2.54. The Hall–Kier alpha value is 0.170. The molecule has 1 aliphatic rings. The van der Waals surface area contributed by atoms with E-state index in [2.05, 4.69) is 11.8 Å². The summed E-state index contributed by atoms with van der Waals surface area (Å²) in [6, 6.07) is 0. The van der Waals surface area contributed by atoms with Crippen molar-refractivity contribution in [2.45, 2.75) is 32.6 Å². The fourth-order valence-electron chi connectivity index (χ4n) is 2.38. The third kappa shape index (κ3) is 6.69. The van der Waals surface area contributed by atoms with Crippen LogP contribution in [0, 0.1) is 5.92 Å². The van der Waals surface area contributed by atoms with Gasteiger partial charge in [-0.15, -0.1) is 12.4 Å². The number of rotatable bonds is 7. The van der Waals surface area contributed by atoms with Crippen LogP contribution in [-0.2, 0) is 4.74 Å². The maximum Gasteiger partial charge on any atom is 0.0594 e. The fourth-order valence-corrected chi connectivity index (χ4v) is 2.38. The zero-order valence-electron chi connectivity index (χ0n) is 10.5. The summed E-state index contributed by atoms with van der Waals surface area (Å²) in [5.41, 5.74) is 5.37. The van der Waals surface area contributed by atoms with Crippen molar-refractivity contribution < 1.29 is 4.74 Å². The van der Waals surface area contributed by atoms with Crippen molar-refractivity contribution in [3.63, 3.8) is 0 Å². The molecule has 1 rings (SSSR count). The van der Waals surface area contributed by atoms with Crippen LogP contribution in [0.25, 0.3) is 0 Å². The number of likely N-dealkylation sites (tertiary alicyclic amines) is 1. The molecule has 3 nitrogen and oxygen atoms in total. The molecule has 1 saturated heterocycles. The molecule has 0 aromatic carbocycles. The maximum atomic E-state index is 5.41. The molecular weight excluding hydrogens is 224 g/mol. The van der Waals surface area contributed by atoms with Gasteiger partial charge in [0.15, 0.2) is 0 Å². The van der Waals surface area contributed by atoms with E-state index >= 15 is 0 Å². The summed E-state index contributed by atoms with van der Waals surface area (Å²) in [6.45, 7) is 8.08. The third-order valence-electron chi connectivity index (χ3n) is 3.11. The van der Waals surface area contributed by atoms with Crippen LogP contribution >= 0.6 is 12.4 Å². The van der Waals surface area contributed by atoms with Gasteiger partial charge >= 0.3 is 0 Å². The molecule has 1 aliphatic heterocycles. The molecule has 0 radical (unpaired) electrons. The van der Waals surface area contributed by atoms with Gasteiger partial charge in [0.2, 0.25) is 0 Å². The predicted octanol–water partition coefficient (Wildman–Crippen LogP) is 1.90. The molecule has 1 heterocycles. The van der Waals surface area contributed by atoms with E-state index in [1.807, 2.05) is 0 Å². The second-order valence-electron chi connectivity index (χ2n) is 4.50. The lowest BCUT2D eigenvalue weighted by atomic mass is 9.94. The average molecular weight is 251 g/mol. The Kier molecular flexibility index (Phi) is 10.4. The van der Waals surface area contributed by atoms with Crippen molar-refractivity contribution in [2.24, 2.45) is 11.7 Å². The summed E-state index contributed by atoms with van der Waals surface area (Å²) in [5.74, 6) is 0.929. The van der Waals surface area contributed by atoms with Crippen LogP contribution in [0.4, 0.5) is 0 Å². The van der Waals surface area contributed by atoms with E-state index in [0.717, 1.165) is 19.1 Å². The van der Waals surface area contributed by atoms with Gasteiger partial charge in [-0.25, -0.2) is 0 Å². The smallest absolute Gasteiger partial charge is 0.0594 e. The van der Waals surface area contributed by atoms with Crippen molar-refractivity contribution in [1.82, 2.24) is 4.90 Å². The van der Waals surface area contributed by atoms with Gasteiger partial charge in [-0.1, -0.05) is 13.3 Å². The quantitative estimate of drug-likeness (QED) is 0.702. The maximum absolute atomic E-state index is 5.41.